The topological polar surface area (TPSA) is 133 Å². The molecule has 4 N–H and O–H groups in total. The highest BCUT2D eigenvalue weighted by Gasteiger charge is 2.19. The molecule has 0 saturated carbocycles. The lowest BCUT2D eigenvalue weighted by atomic mass is 10.1. The fraction of sp³-hybridized carbons (Fsp3) is 0.636. The van der Waals surface area contributed by atoms with Crippen LogP contribution in [0.15, 0.2) is 0 Å². The molecule has 0 saturated heterocycles. The van der Waals surface area contributed by atoms with Crippen LogP contribution < -0.4 is 10.6 Å². The summed E-state index contributed by atoms with van der Waals surface area (Å²) in [6.45, 7) is 1.42. The Morgan fingerprint density at radius 2 is 1.74 bits per heavy atom. The summed E-state index contributed by atoms with van der Waals surface area (Å²) in [6, 6.07) is -1.10. The predicted molar refractivity (Wildman–Crippen MR) is 64.4 cm³/mol. The number of amides is 2. The Morgan fingerprint density at radius 3 is 2.21 bits per heavy atom. The van der Waals surface area contributed by atoms with Crippen molar-refractivity contribution < 1.29 is 29.4 Å². The fourth-order valence-corrected chi connectivity index (χ4v) is 1.33. The van der Waals surface area contributed by atoms with Gasteiger partial charge in [-0.25, -0.2) is 4.79 Å². The maximum Gasteiger partial charge on any atom is 0.326 e. The van der Waals surface area contributed by atoms with Gasteiger partial charge in [0.05, 0.1) is 0 Å². The van der Waals surface area contributed by atoms with Crippen LogP contribution >= 0.6 is 0 Å². The van der Waals surface area contributed by atoms with E-state index in [0.29, 0.717) is 6.42 Å². The second-order valence-electron chi connectivity index (χ2n) is 3.98. The van der Waals surface area contributed by atoms with Crippen molar-refractivity contribution >= 4 is 23.8 Å². The molecule has 108 valence electrons. The molecule has 0 radical (unpaired) electrons. The van der Waals surface area contributed by atoms with Crippen molar-refractivity contribution in [1.82, 2.24) is 10.6 Å². The van der Waals surface area contributed by atoms with Crippen LogP contribution in [0.1, 0.15) is 32.6 Å². The van der Waals surface area contributed by atoms with Crippen molar-refractivity contribution in [1.29, 1.82) is 0 Å². The van der Waals surface area contributed by atoms with Gasteiger partial charge in [0, 0.05) is 26.3 Å². The second-order valence-corrected chi connectivity index (χ2v) is 3.98. The Morgan fingerprint density at radius 1 is 1.11 bits per heavy atom. The molecule has 19 heavy (non-hydrogen) atoms. The minimum atomic E-state index is -1.20. The van der Waals surface area contributed by atoms with Gasteiger partial charge < -0.3 is 20.8 Å². The minimum Gasteiger partial charge on any atom is -0.481 e. The third-order valence-corrected chi connectivity index (χ3v) is 2.23. The Hall–Kier alpha value is -2.12. The van der Waals surface area contributed by atoms with Gasteiger partial charge in [0.25, 0.3) is 0 Å². The van der Waals surface area contributed by atoms with E-state index in [9.17, 15) is 19.2 Å². The smallest absolute Gasteiger partial charge is 0.326 e. The lowest BCUT2D eigenvalue weighted by Gasteiger charge is -2.12. The van der Waals surface area contributed by atoms with E-state index in [-0.39, 0.29) is 31.7 Å². The quantitative estimate of drug-likeness (QED) is 0.412. The molecule has 0 heterocycles. The van der Waals surface area contributed by atoms with E-state index in [1.807, 2.05) is 0 Å². The summed E-state index contributed by atoms with van der Waals surface area (Å²) in [4.78, 5) is 43.1. The van der Waals surface area contributed by atoms with Gasteiger partial charge in [0.2, 0.25) is 11.8 Å². The molecule has 0 spiro atoms. The number of hydrogen-bond donors (Lipinski definition) is 4. The standard InChI is InChI=1S/C11H18N2O6/c1-7(14)13-8(11(18)19)4-5-9(15)12-6-2-3-10(16)17/h8H,2-6H2,1H3,(H,12,15)(H,13,14)(H,16,17)(H,18,19)/t8-/m0/s1. The lowest BCUT2D eigenvalue weighted by Crippen LogP contribution is -2.40. The lowest BCUT2D eigenvalue weighted by molar-refractivity contribution is -0.142. The molecule has 0 aromatic heterocycles. The van der Waals surface area contributed by atoms with Crippen molar-refractivity contribution in [2.75, 3.05) is 6.54 Å². The average Bonchev–Trinajstić information content (AvgIpc) is 2.29. The maximum absolute atomic E-state index is 11.3. The third kappa shape index (κ3) is 9.57. The number of carbonyl (C=O) groups excluding carboxylic acids is 2. The maximum atomic E-state index is 11.3. The highest BCUT2D eigenvalue weighted by Crippen LogP contribution is 1.98. The van der Waals surface area contributed by atoms with Crippen LogP contribution in [0.25, 0.3) is 0 Å². The monoisotopic (exact) mass is 274 g/mol. The molecule has 1 atom stereocenters. The zero-order chi connectivity index (χ0) is 14.8. The van der Waals surface area contributed by atoms with Gasteiger partial charge in [0.1, 0.15) is 6.04 Å². The zero-order valence-corrected chi connectivity index (χ0v) is 10.6. The van der Waals surface area contributed by atoms with Crippen LogP contribution in [0.3, 0.4) is 0 Å². The van der Waals surface area contributed by atoms with Gasteiger partial charge in [-0.15, -0.1) is 0 Å². The van der Waals surface area contributed by atoms with Gasteiger partial charge in [-0.05, 0) is 12.8 Å². The molecular weight excluding hydrogens is 256 g/mol. The van der Waals surface area contributed by atoms with E-state index in [1.165, 1.54) is 6.92 Å². The molecule has 0 rings (SSSR count). The van der Waals surface area contributed by atoms with E-state index >= 15 is 0 Å². The molecule has 2 amide bonds. The normalized spacial score (nSPS) is 11.4. The second kappa shape index (κ2) is 8.90. The summed E-state index contributed by atoms with van der Waals surface area (Å²) >= 11 is 0. The number of rotatable bonds is 9. The largest absolute Gasteiger partial charge is 0.481 e. The van der Waals surface area contributed by atoms with Crippen LogP contribution in [-0.2, 0) is 19.2 Å². The van der Waals surface area contributed by atoms with Gasteiger partial charge in [-0.1, -0.05) is 0 Å². The van der Waals surface area contributed by atoms with Crippen molar-refractivity contribution in [2.24, 2.45) is 0 Å². The predicted octanol–water partition coefficient (Wildman–Crippen LogP) is -0.663. The SMILES string of the molecule is CC(=O)N[C@@H](CCC(=O)NCCCC(=O)O)C(=O)O. The first-order valence-corrected chi connectivity index (χ1v) is 5.81. The first-order valence-electron chi connectivity index (χ1n) is 5.81. The highest BCUT2D eigenvalue weighted by atomic mass is 16.4. The Bertz CT molecular complexity index is 355. The van der Waals surface area contributed by atoms with Crippen molar-refractivity contribution in [3.63, 3.8) is 0 Å². The van der Waals surface area contributed by atoms with Crippen LogP contribution in [0, 0.1) is 0 Å². The molecule has 0 aliphatic rings. The summed E-state index contributed by atoms with van der Waals surface area (Å²) in [6.07, 6.45) is 0.211. The van der Waals surface area contributed by atoms with Gasteiger partial charge in [0.15, 0.2) is 0 Å². The summed E-state index contributed by atoms with van der Waals surface area (Å²) in [5.41, 5.74) is 0. The van der Waals surface area contributed by atoms with Crippen LogP contribution in [0.4, 0.5) is 0 Å². The van der Waals surface area contributed by atoms with E-state index in [1.54, 1.807) is 0 Å². The van der Waals surface area contributed by atoms with Crippen LogP contribution in [-0.4, -0.2) is 46.6 Å². The highest BCUT2D eigenvalue weighted by molar-refractivity contribution is 5.83. The zero-order valence-electron chi connectivity index (χ0n) is 10.6. The molecule has 0 aliphatic heterocycles. The Labute approximate surface area is 110 Å². The van der Waals surface area contributed by atoms with Crippen molar-refractivity contribution in [3.05, 3.63) is 0 Å². The van der Waals surface area contributed by atoms with Crippen LogP contribution in [0.5, 0.6) is 0 Å². The molecule has 8 heteroatoms. The summed E-state index contributed by atoms with van der Waals surface area (Å²) in [5, 5.41) is 21.9. The third-order valence-electron chi connectivity index (χ3n) is 2.23. The molecule has 0 fully saturated rings. The summed E-state index contributed by atoms with van der Waals surface area (Å²) in [5.74, 6) is -2.99. The molecule has 0 unspecified atom stereocenters. The first-order chi connectivity index (χ1) is 8.82. The number of nitrogens with one attached hydrogen (secondary N) is 2. The number of carbonyl (C=O) groups is 4. The molecule has 8 nitrogen and oxygen atoms in total. The molecular formula is C11H18N2O6. The number of carboxylic acid groups (broad SMARTS) is 2. The molecule has 0 aliphatic carbocycles. The molecule has 0 aromatic rings. The van der Waals surface area contributed by atoms with Crippen molar-refractivity contribution in [3.8, 4) is 0 Å². The van der Waals surface area contributed by atoms with E-state index < -0.39 is 23.9 Å². The summed E-state index contributed by atoms with van der Waals surface area (Å²) in [7, 11) is 0. The number of hydrogen-bond acceptors (Lipinski definition) is 4. The molecule has 0 bridgehead atoms. The van der Waals surface area contributed by atoms with Gasteiger partial charge in [-0.2, -0.15) is 0 Å². The van der Waals surface area contributed by atoms with Gasteiger partial charge in [-0.3, -0.25) is 14.4 Å². The Kier molecular flexibility index (Phi) is 7.90. The molecule has 0 aromatic carbocycles. The number of carboxylic acids is 2. The van der Waals surface area contributed by atoms with Crippen LogP contribution in [0.2, 0.25) is 0 Å². The van der Waals surface area contributed by atoms with E-state index in [2.05, 4.69) is 10.6 Å². The summed E-state index contributed by atoms with van der Waals surface area (Å²) < 4.78 is 0. The van der Waals surface area contributed by atoms with Crippen molar-refractivity contribution in [2.45, 2.75) is 38.6 Å². The fourth-order valence-electron chi connectivity index (χ4n) is 1.33. The minimum absolute atomic E-state index is 0.0142. The first kappa shape index (κ1) is 16.9. The van der Waals surface area contributed by atoms with E-state index in [0.717, 1.165) is 0 Å². The number of aliphatic carboxylic acids is 2. The Balaban J connectivity index is 3.88. The average molecular weight is 274 g/mol. The van der Waals surface area contributed by atoms with Gasteiger partial charge >= 0.3 is 11.9 Å². The van der Waals surface area contributed by atoms with E-state index in [4.69, 9.17) is 10.2 Å².